The molecule has 1 aromatic rings. The van der Waals surface area contributed by atoms with Gasteiger partial charge in [-0.2, -0.15) is 0 Å². The van der Waals surface area contributed by atoms with E-state index in [2.05, 4.69) is 49.1 Å². The maximum Gasteiger partial charge on any atom is 0.0233 e. The van der Waals surface area contributed by atoms with Crippen LogP contribution in [0.25, 0.3) is 0 Å². The van der Waals surface area contributed by atoms with Gasteiger partial charge in [0.15, 0.2) is 0 Å². The summed E-state index contributed by atoms with van der Waals surface area (Å²) in [4.78, 5) is 2.57. The smallest absolute Gasteiger partial charge is 0.0233 e. The molecule has 0 fully saturated rings. The van der Waals surface area contributed by atoms with E-state index >= 15 is 0 Å². The van der Waals surface area contributed by atoms with Gasteiger partial charge >= 0.3 is 0 Å². The van der Waals surface area contributed by atoms with Crippen molar-refractivity contribution in [3.63, 3.8) is 0 Å². The summed E-state index contributed by atoms with van der Waals surface area (Å²) in [6, 6.07) is 10.8. The Hall–Kier alpha value is -0.820. The molecule has 0 bridgehead atoms. The summed E-state index contributed by atoms with van der Waals surface area (Å²) in [5.74, 6) is 0. The third-order valence-electron chi connectivity index (χ3n) is 4.27. The molecule has 1 rings (SSSR count). The summed E-state index contributed by atoms with van der Waals surface area (Å²) < 4.78 is 0. The van der Waals surface area contributed by atoms with Crippen molar-refractivity contribution in [3.8, 4) is 0 Å². The van der Waals surface area contributed by atoms with Gasteiger partial charge in [0.2, 0.25) is 0 Å². The molecule has 0 aromatic heterocycles. The van der Waals surface area contributed by atoms with Gasteiger partial charge in [-0.3, -0.25) is 4.90 Å². The molecule has 0 saturated heterocycles. The van der Waals surface area contributed by atoms with Crippen LogP contribution >= 0.6 is 0 Å². The van der Waals surface area contributed by atoms with Crippen LogP contribution in [0, 0.1) is 0 Å². The normalized spacial score (nSPS) is 11.2. The second-order valence-electron chi connectivity index (χ2n) is 6.18. The van der Waals surface area contributed by atoms with Crippen molar-refractivity contribution >= 4 is 0 Å². The number of hydrogen-bond donors (Lipinski definition) is 0. The van der Waals surface area contributed by atoms with Crippen molar-refractivity contribution in [2.45, 2.75) is 78.2 Å². The SMILES string of the molecule is CCCCCCCCCCCN(CC)Cc1ccccc1. The zero-order chi connectivity index (χ0) is 15.2. The van der Waals surface area contributed by atoms with Crippen LogP contribution < -0.4 is 0 Å². The number of rotatable bonds is 13. The molecular formula is C20H35N. The largest absolute Gasteiger partial charge is 0.299 e. The zero-order valence-corrected chi connectivity index (χ0v) is 14.3. The van der Waals surface area contributed by atoms with Crippen molar-refractivity contribution in [3.05, 3.63) is 35.9 Å². The predicted octanol–water partition coefficient (Wildman–Crippen LogP) is 6.04. The van der Waals surface area contributed by atoms with E-state index in [9.17, 15) is 0 Å². The number of nitrogens with zero attached hydrogens (tertiary/aromatic N) is 1. The average Bonchev–Trinajstić information content (AvgIpc) is 2.53. The van der Waals surface area contributed by atoms with E-state index in [4.69, 9.17) is 0 Å². The Morgan fingerprint density at radius 3 is 1.86 bits per heavy atom. The van der Waals surface area contributed by atoms with Crippen LogP contribution in [0.1, 0.15) is 77.2 Å². The molecule has 0 amide bonds. The molecule has 0 aliphatic carbocycles. The Kier molecular flexibility index (Phi) is 11.2. The van der Waals surface area contributed by atoms with Gasteiger partial charge in [0.25, 0.3) is 0 Å². The van der Waals surface area contributed by atoms with E-state index in [1.165, 1.54) is 69.9 Å². The highest BCUT2D eigenvalue weighted by Crippen LogP contribution is 2.11. The summed E-state index contributed by atoms with van der Waals surface area (Å²) in [7, 11) is 0. The monoisotopic (exact) mass is 289 g/mol. The summed E-state index contributed by atoms with van der Waals surface area (Å²) >= 11 is 0. The summed E-state index contributed by atoms with van der Waals surface area (Å²) in [6.45, 7) is 8.08. The Morgan fingerprint density at radius 1 is 0.714 bits per heavy atom. The fourth-order valence-corrected chi connectivity index (χ4v) is 2.84. The number of hydrogen-bond acceptors (Lipinski definition) is 1. The molecule has 0 aliphatic heterocycles. The topological polar surface area (TPSA) is 3.24 Å². The first-order valence-corrected chi connectivity index (χ1v) is 9.13. The van der Waals surface area contributed by atoms with Crippen molar-refractivity contribution in [2.24, 2.45) is 0 Å². The molecule has 0 N–H and O–H groups in total. The molecule has 0 spiro atoms. The predicted molar refractivity (Wildman–Crippen MR) is 94.6 cm³/mol. The van der Waals surface area contributed by atoms with Crippen LogP contribution in [0.2, 0.25) is 0 Å². The molecule has 1 heteroatoms. The van der Waals surface area contributed by atoms with Gasteiger partial charge in [-0.1, -0.05) is 95.5 Å². The second-order valence-corrected chi connectivity index (χ2v) is 6.18. The van der Waals surface area contributed by atoms with Gasteiger partial charge in [0.1, 0.15) is 0 Å². The maximum atomic E-state index is 2.57. The molecule has 0 atom stereocenters. The fourth-order valence-electron chi connectivity index (χ4n) is 2.84. The lowest BCUT2D eigenvalue weighted by atomic mass is 10.1. The zero-order valence-electron chi connectivity index (χ0n) is 14.3. The lowest BCUT2D eigenvalue weighted by Gasteiger charge is -2.20. The van der Waals surface area contributed by atoms with Crippen LogP contribution in [-0.4, -0.2) is 18.0 Å². The molecule has 0 heterocycles. The first kappa shape index (κ1) is 18.2. The number of benzene rings is 1. The maximum absolute atomic E-state index is 2.57. The lowest BCUT2D eigenvalue weighted by Crippen LogP contribution is -2.23. The Bertz CT molecular complexity index is 320. The molecule has 0 aliphatic rings. The van der Waals surface area contributed by atoms with Crippen LogP contribution in [0.15, 0.2) is 30.3 Å². The summed E-state index contributed by atoms with van der Waals surface area (Å²) in [6.07, 6.45) is 12.7. The highest BCUT2D eigenvalue weighted by Gasteiger charge is 2.03. The molecule has 1 aromatic carbocycles. The van der Waals surface area contributed by atoms with Crippen LogP contribution in [0.3, 0.4) is 0 Å². The molecule has 0 saturated carbocycles. The van der Waals surface area contributed by atoms with Crippen LogP contribution in [0.4, 0.5) is 0 Å². The van der Waals surface area contributed by atoms with E-state index in [0.29, 0.717) is 0 Å². The van der Waals surface area contributed by atoms with E-state index in [1.54, 1.807) is 0 Å². The molecule has 21 heavy (non-hydrogen) atoms. The Morgan fingerprint density at radius 2 is 1.29 bits per heavy atom. The molecule has 0 unspecified atom stereocenters. The number of unbranched alkanes of at least 4 members (excludes halogenated alkanes) is 8. The molecular weight excluding hydrogens is 254 g/mol. The van der Waals surface area contributed by atoms with E-state index in [1.807, 2.05) is 0 Å². The summed E-state index contributed by atoms with van der Waals surface area (Å²) in [5.41, 5.74) is 1.44. The van der Waals surface area contributed by atoms with Crippen molar-refractivity contribution in [1.82, 2.24) is 4.90 Å². The average molecular weight is 290 g/mol. The fraction of sp³-hybridized carbons (Fsp3) is 0.700. The van der Waals surface area contributed by atoms with Crippen LogP contribution in [-0.2, 0) is 6.54 Å². The van der Waals surface area contributed by atoms with Gasteiger partial charge in [0.05, 0.1) is 0 Å². The van der Waals surface area contributed by atoms with Gasteiger partial charge in [-0.15, -0.1) is 0 Å². The Balaban J connectivity index is 2.00. The highest BCUT2D eigenvalue weighted by molar-refractivity contribution is 5.14. The molecule has 1 nitrogen and oxygen atoms in total. The Labute approximate surface area is 132 Å². The first-order valence-electron chi connectivity index (χ1n) is 9.13. The van der Waals surface area contributed by atoms with E-state index in [-0.39, 0.29) is 0 Å². The first-order chi connectivity index (χ1) is 10.4. The minimum Gasteiger partial charge on any atom is -0.299 e. The van der Waals surface area contributed by atoms with E-state index < -0.39 is 0 Å². The van der Waals surface area contributed by atoms with Crippen molar-refractivity contribution in [1.29, 1.82) is 0 Å². The quantitative estimate of drug-likeness (QED) is 0.400. The van der Waals surface area contributed by atoms with Crippen molar-refractivity contribution < 1.29 is 0 Å². The standard InChI is InChI=1S/C20H35N/c1-3-5-6-7-8-9-10-11-15-18-21(4-2)19-20-16-13-12-14-17-20/h12-14,16-17H,3-11,15,18-19H2,1-2H3. The van der Waals surface area contributed by atoms with Crippen LogP contribution in [0.5, 0.6) is 0 Å². The van der Waals surface area contributed by atoms with Crippen molar-refractivity contribution in [2.75, 3.05) is 13.1 Å². The lowest BCUT2D eigenvalue weighted by molar-refractivity contribution is 0.272. The van der Waals surface area contributed by atoms with E-state index in [0.717, 1.165) is 13.1 Å². The third kappa shape index (κ3) is 9.68. The minimum absolute atomic E-state index is 1.11. The summed E-state index contributed by atoms with van der Waals surface area (Å²) in [5, 5.41) is 0. The van der Waals surface area contributed by atoms with Gasteiger partial charge < -0.3 is 0 Å². The molecule has 120 valence electrons. The second kappa shape index (κ2) is 12.9. The highest BCUT2D eigenvalue weighted by atomic mass is 15.1. The third-order valence-corrected chi connectivity index (χ3v) is 4.27. The minimum atomic E-state index is 1.11. The van der Waals surface area contributed by atoms with Gasteiger partial charge in [0, 0.05) is 6.54 Å². The van der Waals surface area contributed by atoms with Gasteiger partial charge in [-0.25, -0.2) is 0 Å². The molecule has 0 radical (unpaired) electrons. The van der Waals surface area contributed by atoms with Gasteiger partial charge in [-0.05, 0) is 25.1 Å².